The lowest BCUT2D eigenvalue weighted by atomic mass is 10.2. The summed E-state index contributed by atoms with van der Waals surface area (Å²) in [6, 6.07) is 4.59. The van der Waals surface area contributed by atoms with E-state index in [0.29, 0.717) is 5.69 Å². The Balaban J connectivity index is 2.21. The normalized spacial score (nSPS) is 19.2. The lowest BCUT2D eigenvalue weighted by Crippen LogP contribution is -2.32. The summed E-state index contributed by atoms with van der Waals surface area (Å²) in [7, 11) is -3.72. The second kappa shape index (κ2) is 5.99. The maximum Gasteiger partial charge on any atom is 0.238 e. The van der Waals surface area contributed by atoms with E-state index in [4.69, 9.17) is 15.6 Å². The SMILES string of the molecule is CCN(CC1CCCO1)c1ccc(S(N)(=O)=O)cc1N. The van der Waals surface area contributed by atoms with Gasteiger partial charge < -0.3 is 15.4 Å². The second-order valence-electron chi connectivity index (χ2n) is 4.94. The highest BCUT2D eigenvalue weighted by molar-refractivity contribution is 7.89. The Bertz CT molecular complexity index is 568. The van der Waals surface area contributed by atoms with Crippen molar-refractivity contribution in [2.24, 2.45) is 5.14 Å². The van der Waals surface area contributed by atoms with Gasteiger partial charge in [0.25, 0.3) is 0 Å². The van der Waals surface area contributed by atoms with Crippen molar-refractivity contribution in [1.29, 1.82) is 0 Å². The Hall–Kier alpha value is -1.31. The molecule has 0 spiro atoms. The molecule has 0 aliphatic carbocycles. The number of sulfonamides is 1. The molecule has 0 aromatic heterocycles. The van der Waals surface area contributed by atoms with Gasteiger partial charge in [-0.3, -0.25) is 0 Å². The van der Waals surface area contributed by atoms with Crippen LogP contribution in [0.5, 0.6) is 0 Å². The van der Waals surface area contributed by atoms with Gasteiger partial charge in [-0.2, -0.15) is 0 Å². The monoisotopic (exact) mass is 299 g/mol. The number of ether oxygens (including phenoxy) is 1. The van der Waals surface area contributed by atoms with Crippen LogP contribution in [0, 0.1) is 0 Å². The van der Waals surface area contributed by atoms with Crippen molar-refractivity contribution in [3.05, 3.63) is 18.2 Å². The average molecular weight is 299 g/mol. The summed E-state index contributed by atoms with van der Waals surface area (Å²) in [5, 5.41) is 5.10. The third-order valence-corrected chi connectivity index (χ3v) is 4.41. The van der Waals surface area contributed by atoms with Gasteiger partial charge in [0.15, 0.2) is 0 Å². The first-order valence-corrected chi connectivity index (χ1v) is 8.25. The zero-order valence-electron chi connectivity index (χ0n) is 11.6. The summed E-state index contributed by atoms with van der Waals surface area (Å²) in [6.45, 7) is 4.37. The lowest BCUT2D eigenvalue weighted by Gasteiger charge is -2.27. The molecule has 2 rings (SSSR count). The van der Waals surface area contributed by atoms with Gasteiger partial charge in [0.05, 0.1) is 22.4 Å². The predicted octanol–water partition coefficient (Wildman–Crippen LogP) is 0.921. The molecule has 0 radical (unpaired) electrons. The van der Waals surface area contributed by atoms with Crippen molar-refractivity contribution < 1.29 is 13.2 Å². The number of likely N-dealkylation sites (N-methyl/N-ethyl adjacent to an activating group) is 1. The quantitative estimate of drug-likeness (QED) is 0.788. The Morgan fingerprint density at radius 3 is 2.70 bits per heavy atom. The minimum atomic E-state index is -3.72. The summed E-state index contributed by atoms with van der Waals surface area (Å²) in [6.07, 6.45) is 2.35. The molecule has 0 amide bonds. The largest absolute Gasteiger partial charge is 0.397 e. The van der Waals surface area contributed by atoms with Gasteiger partial charge in [-0.25, -0.2) is 13.6 Å². The molecular formula is C13H21N3O3S. The number of hydrogen-bond donors (Lipinski definition) is 2. The molecule has 1 aliphatic rings. The molecule has 20 heavy (non-hydrogen) atoms. The van der Waals surface area contributed by atoms with Crippen LogP contribution in [-0.4, -0.2) is 34.2 Å². The molecule has 0 bridgehead atoms. The number of nitrogen functional groups attached to an aromatic ring is 1. The fourth-order valence-corrected chi connectivity index (χ4v) is 2.98. The van der Waals surface area contributed by atoms with Crippen LogP contribution in [0.2, 0.25) is 0 Å². The second-order valence-corrected chi connectivity index (χ2v) is 6.50. The van der Waals surface area contributed by atoms with E-state index in [1.807, 2.05) is 6.92 Å². The average Bonchev–Trinajstić information content (AvgIpc) is 2.88. The summed E-state index contributed by atoms with van der Waals surface area (Å²) >= 11 is 0. The van der Waals surface area contributed by atoms with Gasteiger partial charge in [0.2, 0.25) is 10.0 Å². The molecule has 1 saturated heterocycles. The highest BCUT2D eigenvalue weighted by Gasteiger charge is 2.20. The number of nitrogens with zero attached hydrogens (tertiary/aromatic N) is 1. The highest BCUT2D eigenvalue weighted by atomic mass is 32.2. The molecule has 6 nitrogen and oxygen atoms in total. The number of primary sulfonamides is 1. The fourth-order valence-electron chi connectivity index (χ4n) is 2.43. The van der Waals surface area contributed by atoms with Crippen molar-refractivity contribution in [3.63, 3.8) is 0 Å². The highest BCUT2D eigenvalue weighted by Crippen LogP contribution is 2.27. The maximum absolute atomic E-state index is 11.3. The lowest BCUT2D eigenvalue weighted by molar-refractivity contribution is 0.116. The molecule has 4 N–H and O–H groups in total. The number of anilines is 2. The van der Waals surface area contributed by atoms with Crippen LogP contribution in [0.25, 0.3) is 0 Å². The molecule has 1 fully saturated rings. The Morgan fingerprint density at radius 1 is 1.45 bits per heavy atom. The predicted molar refractivity (Wildman–Crippen MR) is 79.1 cm³/mol. The molecule has 1 aromatic rings. The van der Waals surface area contributed by atoms with Gasteiger partial charge in [0, 0.05) is 19.7 Å². The van der Waals surface area contributed by atoms with Crippen LogP contribution < -0.4 is 15.8 Å². The molecule has 1 atom stereocenters. The van der Waals surface area contributed by atoms with E-state index in [1.165, 1.54) is 12.1 Å². The Morgan fingerprint density at radius 2 is 2.20 bits per heavy atom. The van der Waals surface area contributed by atoms with Crippen molar-refractivity contribution in [2.45, 2.75) is 30.8 Å². The van der Waals surface area contributed by atoms with Crippen LogP contribution in [0.4, 0.5) is 11.4 Å². The van der Waals surface area contributed by atoms with Crippen molar-refractivity contribution in [1.82, 2.24) is 0 Å². The number of nitrogens with two attached hydrogens (primary N) is 2. The van der Waals surface area contributed by atoms with E-state index in [-0.39, 0.29) is 11.0 Å². The van der Waals surface area contributed by atoms with E-state index in [0.717, 1.165) is 38.2 Å². The summed E-state index contributed by atoms with van der Waals surface area (Å²) in [5.41, 5.74) is 7.19. The molecule has 7 heteroatoms. The van der Waals surface area contributed by atoms with E-state index >= 15 is 0 Å². The van der Waals surface area contributed by atoms with Crippen LogP contribution >= 0.6 is 0 Å². The molecule has 112 valence electrons. The Kier molecular flexibility index (Phi) is 4.52. The number of hydrogen-bond acceptors (Lipinski definition) is 5. The maximum atomic E-state index is 11.3. The van der Waals surface area contributed by atoms with Crippen LogP contribution in [0.1, 0.15) is 19.8 Å². The third kappa shape index (κ3) is 3.41. The fraction of sp³-hybridized carbons (Fsp3) is 0.538. The first-order chi connectivity index (χ1) is 9.41. The van der Waals surface area contributed by atoms with Gasteiger partial charge in [-0.05, 0) is 38.0 Å². The van der Waals surface area contributed by atoms with E-state index < -0.39 is 10.0 Å². The van der Waals surface area contributed by atoms with E-state index in [1.54, 1.807) is 6.07 Å². The van der Waals surface area contributed by atoms with Gasteiger partial charge >= 0.3 is 0 Å². The summed E-state index contributed by atoms with van der Waals surface area (Å²) < 4.78 is 28.2. The molecule has 1 unspecified atom stereocenters. The summed E-state index contributed by atoms with van der Waals surface area (Å²) in [4.78, 5) is 2.13. The molecule has 0 saturated carbocycles. The standard InChI is InChI=1S/C13H21N3O3S/c1-2-16(9-10-4-3-7-19-10)13-6-5-11(8-12(13)14)20(15,17)18/h5-6,8,10H,2-4,7,9,14H2,1H3,(H2,15,17,18). The molecule has 1 aromatic carbocycles. The first kappa shape index (κ1) is 15.1. The van der Waals surface area contributed by atoms with Crippen molar-refractivity contribution >= 4 is 21.4 Å². The molecule has 1 heterocycles. The molecular weight excluding hydrogens is 278 g/mol. The van der Waals surface area contributed by atoms with Crippen molar-refractivity contribution in [2.75, 3.05) is 30.3 Å². The molecule has 1 aliphatic heterocycles. The van der Waals surface area contributed by atoms with Crippen LogP contribution in [0.3, 0.4) is 0 Å². The van der Waals surface area contributed by atoms with E-state index in [9.17, 15) is 8.42 Å². The zero-order chi connectivity index (χ0) is 14.8. The smallest absolute Gasteiger partial charge is 0.238 e. The van der Waals surface area contributed by atoms with Crippen LogP contribution in [0.15, 0.2) is 23.1 Å². The van der Waals surface area contributed by atoms with Crippen molar-refractivity contribution in [3.8, 4) is 0 Å². The zero-order valence-corrected chi connectivity index (χ0v) is 12.4. The Labute approximate surface area is 119 Å². The number of benzene rings is 1. The minimum absolute atomic E-state index is 0.0342. The third-order valence-electron chi connectivity index (χ3n) is 3.50. The summed E-state index contributed by atoms with van der Waals surface area (Å²) in [5.74, 6) is 0. The first-order valence-electron chi connectivity index (χ1n) is 6.70. The van der Waals surface area contributed by atoms with Gasteiger partial charge in [0.1, 0.15) is 0 Å². The van der Waals surface area contributed by atoms with Crippen LogP contribution in [-0.2, 0) is 14.8 Å². The number of rotatable bonds is 5. The topological polar surface area (TPSA) is 98.6 Å². The van der Waals surface area contributed by atoms with E-state index in [2.05, 4.69) is 4.90 Å². The van der Waals surface area contributed by atoms with Gasteiger partial charge in [-0.15, -0.1) is 0 Å². The minimum Gasteiger partial charge on any atom is -0.397 e. The van der Waals surface area contributed by atoms with Gasteiger partial charge in [-0.1, -0.05) is 0 Å².